The summed E-state index contributed by atoms with van der Waals surface area (Å²) >= 11 is 5.98. The molecule has 4 rings (SSSR count). The number of aromatic nitrogens is 1. The van der Waals surface area contributed by atoms with Crippen LogP contribution in [0.1, 0.15) is 41.1 Å². The SMILES string of the molecule is CN1C[C@H](c2ccccc2)CC12CCN(C(=O)c1cncc(Cl)c1)CC2. The number of hydrogen-bond acceptors (Lipinski definition) is 3. The van der Waals surface area contributed by atoms with Crippen molar-refractivity contribution >= 4 is 17.5 Å². The second kappa shape index (κ2) is 7.01. The minimum Gasteiger partial charge on any atom is -0.338 e. The molecule has 1 aromatic carbocycles. The van der Waals surface area contributed by atoms with Crippen LogP contribution in [0.15, 0.2) is 48.8 Å². The van der Waals surface area contributed by atoms with Crippen molar-refractivity contribution < 1.29 is 4.79 Å². The number of nitrogens with zero attached hydrogens (tertiary/aromatic N) is 3. The zero-order chi connectivity index (χ0) is 18.1. The highest BCUT2D eigenvalue weighted by Gasteiger charge is 2.46. The number of rotatable bonds is 2. The van der Waals surface area contributed by atoms with Crippen LogP contribution >= 0.6 is 11.6 Å². The lowest BCUT2D eigenvalue weighted by molar-refractivity contribution is 0.0492. The molecule has 0 saturated carbocycles. The number of likely N-dealkylation sites (tertiary alicyclic amines) is 2. The second-order valence-corrected chi connectivity index (χ2v) is 8.04. The smallest absolute Gasteiger partial charge is 0.255 e. The Balaban J connectivity index is 1.44. The monoisotopic (exact) mass is 369 g/mol. The molecule has 0 aliphatic carbocycles. The molecule has 1 spiro atoms. The van der Waals surface area contributed by atoms with Gasteiger partial charge in [0.1, 0.15) is 0 Å². The Hall–Kier alpha value is -1.91. The summed E-state index contributed by atoms with van der Waals surface area (Å²) in [7, 11) is 2.24. The van der Waals surface area contributed by atoms with Gasteiger partial charge in [0.05, 0.1) is 10.6 Å². The first kappa shape index (κ1) is 17.5. The van der Waals surface area contributed by atoms with Gasteiger partial charge in [-0.25, -0.2) is 0 Å². The molecule has 0 N–H and O–H groups in total. The Morgan fingerprint density at radius 2 is 1.92 bits per heavy atom. The lowest BCUT2D eigenvalue weighted by Crippen LogP contribution is -2.52. The highest BCUT2D eigenvalue weighted by molar-refractivity contribution is 6.30. The Kier molecular flexibility index (Phi) is 4.72. The molecule has 0 bridgehead atoms. The van der Waals surface area contributed by atoms with Crippen LogP contribution in [0.2, 0.25) is 5.02 Å². The third kappa shape index (κ3) is 3.24. The van der Waals surface area contributed by atoms with Crippen LogP contribution in [0.3, 0.4) is 0 Å². The van der Waals surface area contributed by atoms with Crippen molar-refractivity contribution in [3.8, 4) is 0 Å². The molecule has 2 saturated heterocycles. The predicted molar refractivity (Wildman–Crippen MR) is 104 cm³/mol. The minimum absolute atomic E-state index is 0.0371. The average molecular weight is 370 g/mol. The molecule has 0 unspecified atom stereocenters. The van der Waals surface area contributed by atoms with Gasteiger partial charge in [0, 0.05) is 37.6 Å². The number of halogens is 1. The van der Waals surface area contributed by atoms with Crippen molar-refractivity contribution in [3.05, 3.63) is 64.9 Å². The van der Waals surface area contributed by atoms with Crippen molar-refractivity contribution in [1.82, 2.24) is 14.8 Å². The molecule has 2 aliphatic rings. The van der Waals surface area contributed by atoms with Crippen LogP contribution in [0.4, 0.5) is 0 Å². The van der Waals surface area contributed by atoms with Gasteiger partial charge < -0.3 is 4.90 Å². The Labute approximate surface area is 159 Å². The number of carbonyl (C=O) groups excluding carboxylic acids is 1. The van der Waals surface area contributed by atoms with E-state index < -0.39 is 0 Å². The highest BCUT2D eigenvalue weighted by atomic mass is 35.5. The van der Waals surface area contributed by atoms with Gasteiger partial charge in [-0.05, 0) is 43.9 Å². The van der Waals surface area contributed by atoms with Crippen LogP contribution in [0, 0.1) is 0 Å². The molecule has 2 aliphatic heterocycles. The fourth-order valence-corrected chi connectivity index (χ4v) is 4.75. The Bertz CT molecular complexity index is 787. The summed E-state index contributed by atoms with van der Waals surface area (Å²) in [5.41, 5.74) is 2.22. The summed E-state index contributed by atoms with van der Waals surface area (Å²) in [6.45, 7) is 2.67. The number of piperidine rings is 1. The standard InChI is InChI=1S/C21H24ClN3O/c1-24-15-18(16-5-3-2-4-6-16)12-21(24)7-9-25(10-8-21)20(26)17-11-19(22)14-23-13-17/h2-6,11,13-14,18H,7-10,12,15H2,1H3/t18-/m1/s1. The Morgan fingerprint density at radius 3 is 2.62 bits per heavy atom. The Morgan fingerprint density at radius 1 is 1.19 bits per heavy atom. The summed E-state index contributed by atoms with van der Waals surface area (Å²) in [4.78, 5) is 21.2. The lowest BCUT2D eigenvalue weighted by Gasteiger charge is -2.43. The molecule has 3 heterocycles. The molecular formula is C21H24ClN3O. The van der Waals surface area contributed by atoms with E-state index in [2.05, 4.69) is 47.3 Å². The molecule has 26 heavy (non-hydrogen) atoms. The number of likely N-dealkylation sites (N-methyl/N-ethyl adjacent to an activating group) is 1. The number of amides is 1. The van der Waals surface area contributed by atoms with E-state index in [0.717, 1.165) is 32.5 Å². The van der Waals surface area contributed by atoms with Crippen LogP contribution in [-0.4, -0.2) is 52.9 Å². The molecule has 2 fully saturated rings. The van der Waals surface area contributed by atoms with Gasteiger partial charge in [-0.3, -0.25) is 14.7 Å². The molecule has 2 aromatic rings. The summed E-state index contributed by atoms with van der Waals surface area (Å²) in [5.74, 6) is 0.621. The fourth-order valence-electron chi connectivity index (χ4n) is 4.58. The lowest BCUT2D eigenvalue weighted by atomic mass is 9.81. The van der Waals surface area contributed by atoms with Crippen molar-refractivity contribution in [2.45, 2.75) is 30.7 Å². The van der Waals surface area contributed by atoms with Crippen LogP contribution in [-0.2, 0) is 0 Å². The molecule has 1 atom stereocenters. The molecule has 0 radical (unpaired) electrons. The van der Waals surface area contributed by atoms with E-state index >= 15 is 0 Å². The minimum atomic E-state index is 0.0371. The summed E-state index contributed by atoms with van der Waals surface area (Å²) < 4.78 is 0. The topological polar surface area (TPSA) is 36.4 Å². The zero-order valence-corrected chi connectivity index (χ0v) is 15.8. The van der Waals surface area contributed by atoms with E-state index in [0.29, 0.717) is 16.5 Å². The first-order valence-electron chi connectivity index (χ1n) is 9.23. The number of pyridine rings is 1. The van der Waals surface area contributed by atoms with Crippen molar-refractivity contribution in [2.24, 2.45) is 0 Å². The number of hydrogen-bond donors (Lipinski definition) is 0. The maximum atomic E-state index is 12.7. The molecule has 1 aromatic heterocycles. The maximum absolute atomic E-state index is 12.7. The van der Waals surface area contributed by atoms with Gasteiger partial charge in [-0.2, -0.15) is 0 Å². The third-order valence-electron chi connectivity index (χ3n) is 6.13. The third-order valence-corrected chi connectivity index (χ3v) is 6.34. The first-order chi connectivity index (χ1) is 12.6. The summed E-state index contributed by atoms with van der Waals surface area (Å²) in [6.07, 6.45) is 6.37. The van der Waals surface area contributed by atoms with Gasteiger partial charge in [0.25, 0.3) is 5.91 Å². The van der Waals surface area contributed by atoms with Gasteiger partial charge in [-0.1, -0.05) is 41.9 Å². The molecular weight excluding hydrogens is 346 g/mol. The van der Waals surface area contributed by atoms with E-state index in [1.54, 1.807) is 18.5 Å². The molecule has 1 amide bonds. The fraction of sp³-hybridized carbons (Fsp3) is 0.429. The molecule has 4 nitrogen and oxygen atoms in total. The van der Waals surface area contributed by atoms with Gasteiger partial charge >= 0.3 is 0 Å². The number of carbonyl (C=O) groups is 1. The maximum Gasteiger partial charge on any atom is 0.255 e. The van der Waals surface area contributed by atoms with E-state index in [1.165, 1.54) is 12.0 Å². The van der Waals surface area contributed by atoms with Crippen molar-refractivity contribution in [1.29, 1.82) is 0 Å². The van der Waals surface area contributed by atoms with Crippen LogP contribution in [0.5, 0.6) is 0 Å². The normalized spacial score (nSPS) is 22.7. The largest absolute Gasteiger partial charge is 0.338 e. The van der Waals surface area contributed by atoms with Crippen molar-refractivity contribution in [2.75, 3.05) is 26.7 Å². The number of benzene rings is 1. The van der Waals surface area contributed by atoms with E-state index in [9.17, 15) is 4.79 Å². The van der Waals surface area contributed by atoms with Crippen molar-refractivity contribution in [3.63, 3.8) is 0 Å². The average Bonchev–Trinajstić information content (AvgIpc) is 2.99. The van der Waals surface area contributed by atoms with E-state index in [1.807, 2.05) is 4.90 Å². The van der Waals surface area contributed by atoms with E-state index in [4.69, 9.17) is 11.6 Å². The summed E-state index contributed by atoms with van der Waals surface area (Å²) in [5, 5.41) is 0.505. The van der Waals surface area contributed by atoms with Gasteiger partial charge in [0.2, 0.25) is 0 Å². The van der Waals surface area contributed by atoms with Crippen LogP contribution in [0.25, 0.3) is 0 Å². The quantitative estimate of drug-likeness (QED) is 0.807. The summed E-state index contributed by atoms with van der Waals surface area (Å²) in [6, 6.07) is 12.5. The first-order valence-corrected chi connectivity index (χ1v) is 9.61. The van der Waals surface area contributed by atoms with Crippen LogP contribution < -0.4 is 0 Å². The predicted octanol–water partition coefficient (Wildman–Crippen LogP) is 3.83. The molecule has 5 heteroatoms. The molecule has 136 valence electrons. The highest BCUT2D eigenvalue weighted by Crippen LogP contribution is 2.44. The van der Waals surface area contributed by atoms with E-state index in [-0.39, 0.29) is 11.4 Å². The van der Waals surface area contributed by atoms with Gasteiger partial charge in [0.15, 0.2) is 0 Å². The zero-order valence-electron chi connectivity index (χ0n) is 15.1. The second-order valence-electron chi connectivity index (χ2n) is 7.60. The van der Waals surface area contributed by atoms with Gasteiger partial charge in [-0.15, -0.1) is 0 Å².